The molecule has 0 aliphatic rings. The van der Waals surface area contributed by atoms with E-state index >= 15 is 0 Å². The predicted molar refractivity (Wildman–Crippen MR) is 74.4 cm³/mol. The first-order valence-corrected chi connectivity index (χ1v) is 6.49. The third kappa shape index (κ3) is 3.06. The summed E-state index contributed by atoms with van der Waals surface area (Å²) < 4.78 is 5.49. The van der Waals surface area contributed by atoms with Gasteiger partial charge in [0.15, 0.2) is 0 Å². The fourth-order valence-electron chi connectivity index (χ4n) is 2.05. The molecule has 0 radical (unpaired) electrons. The monoisotopic (exact) mass is 244 g/mol. The highest BCUT2D eigenvalue weighted by Crippen LogP contribution is 2.23. The number of pyridine rings is 1. The molecular weight excluding hydrogens is 224 g/mol. The number of nitrogens with two attached hydrogens (primary N) is 1. The number of hydrogen-bond donors (Lipinski definition) is 1. The first kappa shape index (κ1) is 13.0. The van der Waals surface area contributed by atoms with E-state index in [-0.39, 0.29) is 6.04 Å². The standard InChI is InChI=1S/C15H20N2O/c1-2-8-18-9-7-15(16)14-11-17-10-12-5-3-4-6-13(12)14/h3-6,10-11,15H,2,7-9,16H2,1H3. The van der Waals surface area contributed by atoms with Crippen LogP contribution < -0.4 is 5.73 Å². The molecule has 0 amide bonds. The molecule has 2 N–H and O–H groups in total. The van der Waals surface area contributed by atoms with Crippen LogP contribution >= 0.6 is 0 Å². The van der Waals surface area contributed by atoms with Crippen molar-refractivity contribution in [3.8, 4) is 0 Å². The van der Waals surface area contributed by atoms with Gasteiger partial charge in [0.1, 0.15) is 0 Å². The van der Waals surface area contributed by atoms with Crippen molar-refractivity contribution >= 4 is 10.8 Å². The molecule has 2 rings (SSSR count). The zero-order valence-electron chi connectivity index (χ0n) is 10.8. The number of benzene rings is 1. The molecule has 1 unspecified atom stereocenters. The maximum absolute atomic E-state index is 6.22. The number of fused-ring (bicyclic) bond motifs is 1. The van der Waals surface area contributed by atoms with Crippen molar-refractivity contribution in [1.82, 2.24) is 4.98 Å². The molecule has 1 aromatic heterocycles. The van der Waals surface area contributed by atoms with Crippen molar-refractivity contribution in [2.24, 2.45) is 5.73 Å². The lowest BCUT2D eigenvalue weighted by molar-refractivity contribution is 0.128. The molecule has 0 saturated heterocycles. The third-order valence-corrected chi connectivity index (χ3v) is 3.02. The molecule has 1 heterocycles. The predicted octanol–water partition coefficient (Wildman–Crippen LogP) is 3.05. The normalized spacial score (nSPS) is 12.8. The molecule has 18 heavy (non-hydrogen) atoms. The second-order valence-corrected chi connectivity index (χ2v) is 4.46. The van der Waals surface area contributed by atoms with E-state index in [1.165, 1.54) is 5.39 Å². The quantitative estimate of drug-likeness (QED) is 0.794. The molecule has 1 atom stereocenters. The Labute approximate surface area is 108 Å². The third-order valence-electron chi connectivity index (χ3n) is 3.02. The van der Waals surface area contributed by atoms with Gasteiger partial charge in [0.2, 0.25) is 0 Å². The topological polar surface area (TPSA) is 48.1 Å². The number of nitrogens with zero attached hydrogens (tertiary/aromatic N) is 1. The van der Waals surface area contributed by atoms with Crippen LogP contribution in [0.25, 0.3) is 10.8 Å². The Bertz CT molecular complexity index is 493. The maximum atomic E-state index is 6.22. The minimum absolute atomic E-state index is 0.0135. The van der Waals surface area contributed by atoms with Gasteiger partial charge in [0.05, 0.1) is 0 Å². The van der Waals surface area contributed by atoms with Crippen LogP contribution in [-0.2, 0) is 4.74 Å². The van der Waals surface area contributed by atoms with Crippen LogP contribution in [0.5, 0.6) is 0 Å². The van der Waals surface area contributed by atoms with Gasteiger partial charge in [-0.05, 0) is 23.8 Å². The SMILES string of the molecule is CCCOCCC(N)c1cncc2ccccc12. The summed E-state index contributed by atoms with van der Waals surface area (Å²) in [6.07, 6.45) is 5.62. The summed E-state index contributed by atoms with van der Waals surface area (Å²) >= 11 is 0. The van der Waals surface area contributed by atoms with Crippen molar-refractivity contribution in [2.75, 3.05) is 13.2 Å². The fraction of sp³-hybridized carbons (Fsp3) is 0.400. The van der Waals surface area contributed by atoms with Gasteiger partial charge in [-0.3, -0.25) is 4.98 Å². The highest BCUT2D eigenvalue weighted by atomic mass is 16.5. The van der Waals surface area contributed by atoms with Crippen LogP contribution in [0, 0.1) is 0 Å². The van der Waals surface area contributed by atoms with Gasteiger partial charge in [-0.2, -0.15) is 0 Å². The van der Waals surface area contributed by atoms with Gasteiger partial charge in [-0.25, -0.2) is 0 Å². The van der Waals surface area contributed by atoms with E-state index in [2.05, 4.69) is 24.0 Å². The summed E-state index contributed by atoms with van der Waals surface area (Å²) in [5, 5.41) is 2.33. The number of hydrogen-bond acceptors (Lipinski definition) is 3. The van der Waals surface area contributed by atoms with Crippen molar-refractivity contribution in [3.63, 3.8) is 0 Å². The van der Waals surface area contributed by atoms with Crippen molar-refractivity contribution < 1.29 is 4.74 Å². The molecule has 2 aromatic rings. The van der Waals surface area contributed by atoms with Crippen LogP contribution in [-0.4, -0.2) is 18.2 Å². The summed E-state index contributed by atoms with van der Waals surface area (Å²) in [5.74, 6) is 0. The van der Waals surface area contributed by atoms with Crippen LogP contribution in [0.4, 0.5) is 0 Å². The summed E-state index contributed by atoms with van der Waals surface area (Å²) in [5.41, 5.74) is 7.33. The first-order valence-electron chi connectivity index (χ1n) is 6.49. The molecule has 3 nitrogen and oxygen atoms in total. The lowest BCUT2D eigenvalue weighted by atomic mass is 10.0. The molecule has 0 spiro atoms. The summed E-state index contributed by atoms with van der Waals surface area (Å²) in [7, 11) is 0. The minimum atomic E-state index is -0.0135. The maximum Gasteiger partial charge on any atom is 0.0484 e. The van der Waals surface area contributed by atoms with E-state index in [1.807, 2.05) is 24.5 Å². The van der Waals surface area contributed by atoms with E-state index in [0.717, 1.165) is 30.4 Å². The van der Waals surface area contributed by atoms with Crippen molar-refractivity contribution in [1.29, 1.82) is 0 Å². The van der Waals surface area contributed by atoms with Crippen LogP contribution in [0.2, 0.25) is 0 Å². The van der Waals surface area contributed by atoms with Crippen LogP contribution in [0.15, 0.2) is 36.7 Å². The minimum Gasteiger partial charge on any atom is -0.381 e. The zero-order valence-corrected chi connectivity index (χ0v) is 10.8. The van der Waals surface area contributed by atoms with Gasteiger partial charge in [0.25, 0.3) is 0 Å². The summed E-state index contributed by atoms with van der Waals surface area (Å²) in [6.45, 7) is 3.62. The number of aromatic nitrogens is 1. The lowest BCUT2D eigenvalue weighted by Crippen LogP contribution is -2.14. The van der Waals surface area contributed by atoms with Gasteiger partial charge < -0.3 is 10.5 Å². The Balaban J connectivity index is 2.10. The van der Waals surface area contributed by atoms with Crippen LogP contribution in [0.1, 0.15) is 31.4 Å². The van der Waals surface area contributed by atoms with E-state index < -0.39 is 0 Å². The van der Waals surface area contributed by atoms with E-state index in [1.54, 1.807) is 0 Å². The molecule has 0 aliphatic carbocycles. The summed E-state index contributed by atoms with van der Waals surface area (Å²) in [6, 6.07) is 8.20. The van der Waals surface area contributed by atoms with E-state index in [4.69, 9.17) is 10.5 Å². The smallest absolute Gasteiger partial charge is 0.0484 e. The van der Waals surface area contributed by atoms with Crippen molar-refractivity contribution in [2.45, 2.75) is 25.8 Å². The number of rotatable bonds is 6. The Morgan fingerprint density at radius 3 is 2.89 bits per heavy atom. The lowest BCUT2D eigenvalue weighted by Gasteiger charge is -2.14. The van der Waals surface area contributed by atoms with Gasteiger partial charge >= 0.3 is 0 Å². The van der Waals surface area contributed by atoms with Gasteiger partial charge in [-0.15, -0.1) is 0 Å². The zero-order chi connectivity index (χ0) is 12.8. The molecule has 1 aromatic carbocycles. The molecule has 0 fully saturated rings. The first-order chi connectivity index (χ1) is 8.83. The summed E-state index contributed by atoms with van der Waals surface area (Å²) in [4.78, 5) is 4.26. The van der Waals surface area contributed by atoms with Crippen LogP contribution in [0.3, 0.4) is 0 Å². The molecule has 0 bridgehead atoms. The fourth-order valence-corrected chi connectivity index (χ4v) is 2.05. The van der Waals surface area contributed by atoms with E-state index in [9.17, 15) is 0 Å². The number of ether oxygens (including phenoxy) is 1. The highest BCUT2D eigenvalue weighted by molar-refractivity contribution is 5.84. The second-order valence-electron chi connectivity index (χ2n) is 4.46. The average molecular weight is 244 g/mol. The van der Waals surface area contributed by atoms with Crippen molar-refractivity contribution in [3.05, 3.63) is 42.2 Å². The second kappa shape index (κ2) is 6.47. The highest BCUT2D eigenvalue weighted by Gasteiger charge is 2.09. The van der Waals surface area contributed by atoms with Gasteiger partial charge in [0, 0.05) is 37.0 Å². The molecule has 3 heteroatoms. The van der Waals surface area contributed by atoms with E-state index in [0.29, 0.717) is 6.61 Å². The average Bonchev–Trinajstić information content (AvgIpc) is 2.43. The molecule has 0 saturated carbocycles. The Morgan fingerprint density at radius 1 is 1.22 bits per heavy atom. The molecule has 96 valence electrons. The molecular formula is C15H20N2O. The van der Waals surface area contributed by atoms with Gasteiger partial charge in [-0.1, -0.05) is 31.2 Å². The molecule has 0 aliphatic heterocycles. The Hall–Kier alpha value is -1.45. The largest absolute Gasteiger partial charge is 0.381 e. The Morgan fingerprint density at radius 2 is 2.06 bits per heavy atom. The Kier molecular flexibility index (Phi) is 4.67.